The molecule has 30 heavy (non-hydrogen) atoms. The Kier molecular flexibility index (Phi) is 7.17. The van der Waals surface area contributed by atoms with Gasteiger partial charge in [-0.25, -0.2) is 4.98 Å². The number of carbonyl (C=O) groups is 2. The van der Waals surface area contributed by atoms with Gasteiger partial charge in [0.1, 0.15) is 5.01 Å². The molecule has 0 radical (unpaired) electrons. The third-order valence-corrected chi connectivity index (χ3v) is 6.39. The number of nitrogens with zero attached hydrogens (tertiary/aromatic N) is 2. The molecule has 2 aromatic carbocycles. The third kappa shape index (κ3) is 5.03. The fourth-order valence-electron chi connectivity index (χ4n) is 2.80. The van der Waals surface area contributed by atoms with Gasteiger partial charge in [-0.3, -0.25) is 9.59 Å². The van der Waals surface area contributed by atoms with E-state index >= 15 is 0 Å². The summed E-state index contributed by atoms with van der Waals surface area (Å²) >= 11 is 3.10. The first-order valence-electron chi connectivity index (χ1n) is 9.12. The zero-order valence-corrected chi connectivity index (χ0v) is 18.9. The van der Waals surface area contributed by atoms with E-state index in [1.54, 1.807) is 37.6 Å². The van der Waals surface area contributed by atoms with Crippen LogP contribution in [0.5, 0.6) is 11.5 Å². The number of ether oxygens (including phenoxy) is 2. The van der Waals surface area contributed by atoms with Gasteiger partial charge < -0.3 is 19.7 Å². The minimum Gasteiger partial charge on any atom is -0.493 e. The standard InChI is InChI=1S/C21H23N3O4S2/c1-24(2)21(26)13-9-16(27-3)17(28-4)10-15(13)22-19(25)11-29-12-20-23-14-7-5-6-8-18(14)30-20/h5-10H,11-12H2,1-4H3,(H,22,25). The number of thiazole rings is 1. The molecule has 0 bridgehead atoms. The van der Waals surface area contributed by atoms with Crippen molar-refractivity contribution in [1.82, 2.24) is 9.88 Å². The van der Waals surface area contributed by atoms with Gasteiger partial charge in [0.2, 0.25) is 5.91 Å². The van der Waals surface area contributed by atoms with Gasteiger partial charge in [-0.15, -0.1) is 23.1 Å². The quantitative estimate of drug-likeness (QED) is 0.567. The second-order valence-corrected chi connectivity index (χ2v) is 8.67. The molecule has 0 saturated carbocycles. The topological polar surface area (TPSA) is 80.8 Å². The van der Waals surface area contributed by atoms with E-state index in [4.69, 9.17) is 9.47 Å². The zero-order chi connectivity index (χ0) is 21.7. The van der Waals surface area contributed by atoms with Gasteiger partial charge >= 0.3 is 0 Å². The number of nitrogens with one attached hydrogen (secondary N) is 1. The first-order chi connectivity index (χ1) is 14.4. The number of methoxy groups -OCH3 is 2. The van der Waals surface area contributed by atoms with Crippen LogP contribution in [-0.2, 0) is 10.5 Å². The van der Waals surface area contributed by atoms with Crippen LogP contribution < -0.4 is 14.8 Å². The number of amides is 2. The van der Waals surface area contributed by atoms with Crippen LogP contribution in [0, 0.1) is 0 Å². The Bertz CT molecular complexity index is 1030. The molecule has 0 spiro atoms. The molecule has 7 nitrogen and oxygen atoms in total. The maximum Gasteiger partial charge on any atom is 0.255 e. The SMILES string of the molecule is COc1cc(NC(=O)CSCc2nc3ccccc3s2)c(C(=O)N(C)C)cc1OC. The van der Waals surface area contributed by atoms with Crippen molar-refractivity contribution in [1.29, 1.82) is 0 Å². The van der Waals surface area contributed by atoms with Crippen LogP contribution in [-0.4, -0.2) is 55.8 Å². The lowest BCUT2D eigenvalue weighted by molar-refractivity contribution is -0.113. The van der Waals surface area contributed by atoms with E-state index in [1.165, 1.54) is 30.9 Å². The monoisotopic (exact) mass is 445 g/mol. The first kappa shape index (κ1) is 21.9. The molecule has 2 amide bonds. The summed E-state index contributed by atoms with van der Waals surface area (Å²) in [7, 11) is 6.31. The summed E-state index contributed by atoms with van der Waals surface area (Å²) in [5, 5.41) is 3.80. The predicted octanol–water partition coefficient (Wildman–Crippen LogP) is 3.89. The number of hydrogen-bond acceptors (Lipinski definition) is 7. The van der Waals surface area contributed by atoms with Crippen LogP contribution in [0.2, 0.25) is 0 Å². The van der Waals surface area contributed by atoms with Crippen molar-refractivity contribution in [2.75, 3.05) is 39.4 Å². The third-order valence-electron chi connectivity index (χ3n) is 4.23. The summed E-state index contributed by atoms with van der Waals surface area (Å²) < 4.78 is 11.7. The average molecular weight is 446 g/mol. The summed E-state index contributed by atoms with van der Waals surface area (Å²) in [4.78, 5) is 31.1. The van der Waals surface area contributed by atoms with E-state index in [9.17, 15) is 9.59 Å². The Balaban J connectivity index is 1.69. The molecule has 0 aliphatic rings. The molecule has 1 N–H and O–H groups in total. The molecule has 0 unspecified atom stereocenters. The van der Waals surface area contributed by atoms with Gasteiger partial charge in [0.15, 0.2) is 11.5 Å². The predicted molar refractivity (Wildman–Crippen MR) is 122 cm³/mol. The Morgan fingerprint density at radius 2 is 1.83 bits per heavy atom. The number of carbonyl (C=O) groups excluding carboxylic acids is 2. The highest BCUT2D eigenvalue weighted by Gasteiger charge is 2.20. The summed E-state index contributed by atoms with van der Waals surface area (Å²) in [6.07, 6.45) is 0. The van der Waals surface area contributed by atoms with Crippen molar-refractivity contribution < 1.29 is 19.1 Å². The Hall–Kier alpha value is -2.78. The highest BCUT2D eigenvalue weighted by atomic mass is 32.2. The Labute approximate surface area is 183 Å². The fraction of sp³-hybridized carbons (Fsp3) is 0.286. The van der Waals surface area contributed by atoms with Crippen LogP contribution in [0.3, 0.4) is 0 Å². The molecule has 0 atom stereocenters. The lowest BCUT2D eigenvalue weighted by Crippen LogP contribution is -2.24. The second-order valence-electron chi connectivity index (χ2n) is 6.57. The van der Waals surface area contributed by atoms with Gasteiger partial charge in [-0.05, 0) is 18.2 Å². The summed E-state index contributed by atoms with van der Waals surface area (Å²) in [5.41, 5.74) is 1.69. The van der Waals surface area contributed by atoms with Crippen LogP contribution in [0.4, 0.5) is 5.69 Å². The highest BCUT2D eigenvalue weighted by molar-refractivity contribution is 7.99. The highest BCUT2D eigenvalue weighted by Crippen LogP contribution is 2.34. The molecule has 3 aromatic rings. The number of benzene rings is 2. The minimum atomic E-state index is -0.242. The van der Waals surface area contributed by atoms with Crippen molar-refractivity contribution in [3.8, 4) is 11.5 Å². The van der Waals surface area contributed by atoms with Gasteiger partial charge in [0.25, 0.3) is 5.91 Å². The number of fused-ring (bicyclic) bond motifs is 1. The Morgan fingerprint density at radius 1 is 1.13 bits per heavy atom. The van der Waals surface area contributed by atoms with E-state index in [0.717, 1.165) is 15.2 Å². The normalized spacial score (nSPS) is 10.7. The molecular weight excluding hydrogens is 422 g/mol. The average Bonchev–Trinajstić information content (AvgIpc) is 3.15. The van der Waals surface area contributed by atoms with Gasteiger partial charge in [-0.1, -0.05) is 12.1 Å². The molecule has 158 valence electrons. The van der Waals surface area contributed by atoms with E-state index in [1.807, 2.05) is 24.3 Å². The summed E-state index contributed by atoms with van der Waals surface area (Å²) in [6, 6.07) is 11.1. The van der Waals surface area contributed by atoms with Gasteiger partial charge in [0.05, 0.1) is 41.4 Å². The van der Waals surface area contributed by atoms with E-state index < -0.39 is 0 Å². The van der Waals surface area contributed by atoms with Crippen molar-refractivity contribution in [2.24, 2.45) is 0 Å². The van der Waals surface area contributed by atoms with E-state index in [0.29, 0.717) is 28.5 Å². The minimum absolute atomic E-state index is 0.207. The molecule has 0 aliphatic heterocycles. The van der Waals surface area contributed by atoms with Crippen LogP contribution in [0.25, 0.3) is 10.2 Å². The van der Waals surface area contributed by atoms with Crippen LogP contribution in [0.1, 0.15) is 15.4 Å². The van der Waals surface area contributed by atoms with Crippen LogP contribution in [0.15, 0.2) is 36.4 Å². The van der Waals surface area contributed by atoms with E-state index in [2.05, 4.69) is 10.3 Å². The number of hydrogen-bond donors (Lipinski definition) is 1. The van der Waals surface area contributed by atoms with Crippen molar-refractivity contribution in [2.45, 2.75) is 5.75 Å². The summed E-state index contributed by atoms with van der Waals surface area (Å²) in [5.74, 6) is 1.29. The first-order valence-corrected chi connectivity index (χ1v) is 11.1. The molecule has 1 aromatic heterocycles. The molecule has 0 saturated heterocycles. The van der Waals surface area contributed by atoms with Crippen molar-refractivity contribution in [3.63, 3.8) is 0 Å². The summed E-state index contributed by atoms with van der Waals surface area (Å²) in [6.45, 7) is 0. The lowest BCUT2D eigenvalue weighted by atomic mass is 10.1. The molecular formula is C21H23N3O4S2. The van der Waals surface area contributed by atoms with Gasteiger partial charge in [0, 0.05) is 25.9 Å². The molecule has 3 rings (SSSR count). The largest absolute Gasteiger partial charge is 0.493 e. The number of rotatable bonds is 8. The lowest BCUT2D eigenvalue weighted by Gasteiger charge is -2.17. The molecule has 1 heterocycles. The molecule has 0 aliphatic carbocycles. The van der Waals surface area contributed by atoms with Crippen molar-refractivity contribution in [3.05, 3.63) is 47.0 Å². The number of thioether (sulfide) groups is 1. The molecule has 9 heteroatoms. The van der Waals surface area contributed by atoms with E-state index in [-0.39, 0.29) is 17.6 Å². The number of aromatic nitrogens is 1. The number of para-hydroxylation sites is 1. The number of anilines is 1. The maximum atomic E-state index is 12.6. The second kappa shape index (κ2) is 9.82. The van der Waals surface area contributed by atoms with Crippen molar-refractivity contribution >= 4 is 50.8 Å². The zero-order valence-electron chi connectivity index (χ0n) is 17.2. The molecule has 0 fully saturated rings. The van der Waals surface area contributed by atoms with Gasteiger partial charge in [-0.2, -0.15) is 0 Å². The van der Waals surface area contributed by atoms with Crippen LogP contribution >= 0.6 is 23.1 Å². The fourth-order valence-corrected chi connectivity index (χ4v) is 4.65. The Morgan fingerprint density at radius 3 is 2.50 bits per heavy atom. The maximum absolute atomic E-state index is 12.6. The smallest absolute Gasteiger partial charge is 0.255 e.